The van der Waals surface area contributed by atoms with E-state index in [1.165, 1.54) is 37.7 Å². The number of guanidine groups is 1. The van der Waals surface area contributed by atoms with Gasteiger partial charge in [0, 0.05) is 6.04 Å². The van der Waals surface area contributed by atoms with Crippen LogP contribution in [0.4, 0.5) is 0 Å². The third-order valence-corrected chi connectivity index (χ3v) is 4.12. The molecular formula is C16H24IN5. The summed E-state index contributed by atoms with van der Waals surface area (Å²) >= 11 is 0. The van der Waals surface area contributed by atoms with Gasteiger partial charge in [0.15, 0.2) is 5.96 Å². The number of nitrogens with zero attached hydrogens (tertiary/aromatic N) is 2. The molecule has 1 aliphatic carbocycles. The van der Waals surface area contributed by atoms with Crippen molar-refractivity contribution in [1.82, 2.24) is 15.3 Å². The minimum absolute atomic E-state index is 0. The molecule has 6 heteroatoms. The lowest BCUT2D eigenvalue weighted by Gasteiger charge is -2.23. The zero-order valence-corrected chi connectivity index (χ0v) is 15.3. The number of aromatic amines is 1. The monoisotopic (exact) mass is 413 g/mol. The standard InChI is InChI=1S/C16H23N5.HI/c1-11-6-5-9-13-15(11)21-14(20-13)10-18-16(17)19-12-7-3-2-4-8-12;/h5-6,9,12H,2-4,7-8,10H2,1H3,(H,20,21)(H3,17,18,19);1H. The normalized spacial score (nSPS) is 16.5. The Kier molecular flexibility index (Phi) is 6.05. The Morgan fingerprint density at radius 1 is 1.36 bits per heavy atom. The molecule has 1 saturated carbocycles. The van der Waals surface area contributed by atoms with Crippen LogP contribution in [0.25, 0.3) is 11.0 Å². The quantitative estimate of drug-likeness (QED) is 0.411. The van der Waals surface area contributed by atoms with E-state index in [2.05, 4.69) is 33.3 Å². The van der Waals surface area contributed by atoms with Gasteiger partial charge in [-0.2, -0.15) is 0 Å². The predicted octanol–water partition coefficient (Wildman–Crippen LogP) is 3.23. The van der Waals surface area contributed by atoms with Crippen molar-refractivity contribution in [3.05, 3.63) is 29.6 Å². The number of halogens is 1. The summed E-state index contributed by atoms with van der Waals surface area (Å²) in [5, 5.41) is 3.32. The van der Waals surface area contributed by atoms with Crippen molar-refractivity contribution < 1.29 is 0 Å². The first-order valence-electron chi connectivity index (χ1n) is 7.73. The number of benzene rings is 1. The maximum atomic E-state index is 5.97. The van der Waals surface area contributed by atoms with Gasteiger partial charge in [0.1, 0.15) is 12.4 Å². The summed E-state index contributed by atoms with van der Waals surface area (Å²) < 4.78 is 0. The summed E-state index contributed by atoms with van der Waals surface area (Å²) in [7, 11) is 0. The molecule has 1 aromatic carbocycles. The molecule has 120 valence electrons. The molecule has 0 unspecified atom stereocenters. The molecule has 0 saturated heterocycles. The highest BCUT2D eigenvalue weighted by Gasteiger charge is 2.13. The lowest BCUT2D eigenvalue weighted by molar-refractivity contribution is 0.412. The van der Waals surface area contributed by atoms with E-state index in [-0.39, 0.29) is 24.0 Å². The number of fused-ring (bicyclic) bond motifs is 1. The van der Waals surface area contributed by atoms with Gasteiger partial charge in [-0.15, -0.1) is 24.0 Å². The Bertz CT molecular complexity index is 643. The minimum Gasteiger partial charge on any atom is -0.370 e. The molecule has 5 nitrogen and oxygen atoms in total. The molecular weight excluding hydrogens is 389 g/mol. The van der Waals surface area contributed by atoms with Crippen LogP contribution in [-0.4, -0.2) is 22.0 Å². The fourth-order valence-corrected chi connectivity index (χ4v) is 2.96. The van der Waals surface area contributed by atoms with Crippen LogP contribution < -0.4 is 11.1 Å². The molecule has 1 heterocycles. The number of rotatable bonds is 3. The molecule has 0 radical (unpaired) electrons. The van der Waals surface area contributed by atoms with Crippen molar-refractivity contribution >= 4 is 41.0 Å². The SMILES string of the molecule is Cc1cccc2[nH]c(CN=C(N)NC3CCCCC3)nc12.I. The van der Waals surface area contributed by atoms with Crippen molar-refractivity contribution in [2.75, 3.05) is 0 Å². The Morgan fingerprint density at radius 3 is 2.86 bits per heavy atom. The van der Waals surface area contributed by atoms with Crippen molar-refractivity contribution in [2.45, 2.75) is 51.6 Å². The van der Waals surface area contributed by atoms with Gasteiger partial charge in [-0.1, -0.05) is 31.4 Å². The lowest BCUT2D eigenvalue weighted by Crippen LogP contribution is -2.41. The molecule has 1 aromatic heterocycles. The van der Waals surface area contributed by atoms with E-state index in [1.807, 2.05) is 12.1 Å². The van der Waals surface area contributed by atoms with E-state index < -0.39 is 0 Å². The number of hydrogen-bond acceptors (Lipinski definition) is 2. The summed E-state index contributed by atoms with van der Waals surface area (Å²) in [6, 6.07) is 6.61. The largest absolute Gasteiger partial charge is 0.370 e. The maximum Gasteiger partial charge on any atom is 0.189 e. The summed E-state index contributed by atoms with van der Waals surface area (Å²) in [4.78, 5) is 12.3. The van der Waals surface area contributed by atoms with Gasteiger partial charge < -0.3 is 16.0 Å². The first-order valence-corrected chi connectivity index (χ1v) is 7.73. The summed E-state index contributed by atoms with van der Waals surface area (Å²) in [6.07, 6.45) is 6.30. The number of aryl methyl sites for hydroxylation is 1. The van der Waals surface area contributed by atoms with E-state index in [0.29, 0.717) is 18.5 Å². The van der Waals surface area contributed by atoms with Crippen LogP contribution in [-0.2, 0) is 6.54 Å². The summed E-state index contributed by atoms with van der Waals surface area (Å²) in [5.41, 5.74) is 9.22. The number of aromatic nitrogens is 2. The van der Waals surface area contributed by atoms with Gasteiger partial charge >= 0.3 is 0 Å². The van der Waals surface area contributed by atoms with E-state index >= 15 is 0 Å². The zero-order chi connectivity index (χ0) is 14.7. The van der Waals surface area contributed by atoms with Gasteiger partial charge in [0.2, 0.25) is 0 Å². The molecule has 1 aliphatic rings. The topological polar surface area (TPSA) is 79.1 Å². The van der Waals surface area contributed by atoms with Crippen molar-refractivity contribution in [2.24, 2.45) is 10.7 Å². The fraction of sp³-hybridized carbons (Fsp3) is 0.500. The molecule has 1 fully saturated rings. The maximum absolute atomic E-state index is 5.97. The van der Waals surface area contributed by atoms with Gasteiger partial charge in [0.25, 0.3) is 0 Å². The first kappa shape index (κ1) is 17.1. The number of nitrogens with one attached hydrogen (secondary N) is 2. The Hall–Kier alpha value is -1.31. The summed E-state index contributed by atoms with van der Waals surface area (Å²) in [6.45, 7) is 2.55. The number of H-pyrrole nitrogens is 1. The Morgan fingerprint density at radius 2 is 2.14 bits per heavy atom. The molecule has 3 rings (SSSR count). The van der Waals surface area contributed by atoms with Gasteiger partial charge in [-0.05, 0) is 31.4 Å². The number of aliphatic imine (C=N–C) groups is 1. The molecule has 0 atom stereocenters. The zero-order valence-electron chi connectivity index (χ0n) is 12.9. The number of para-hydroxylation sites is 1. The van der Waals surface area contributed by atoms with Crippen LogP contribution in [0.15, 0.2) is 23.2 Å². The van der Waals surface area contributed by atoms with Gasteiger partial charge in [0.05, 0.1) is 11.0 Å². The lowest BCUT2D eigenvalue weighted by atomic mass is 9.96. The molecule has 4 N–H and O–H groups in total. The van der Waals surface area contributed by atoms with E-state index in [4.69, 9.17) is 5.73 Å². The van der Waals surface area contributed by atoms with Crippen LogP contribution in [0.3, 0.4) is 0 Å². The van der Waals surface area contributed by atoms with Crippen LogP contribution >= 0.6 is 24.0 Å². The van der Waals surface area contributed by atoms with E-state index in [1.54, 1.807) is 0 Å². The van der Waals surface area contributed by atoms with Crippen LogP contribution in [0, 0.1) is 6.92 Å². The van der Waals surface area contributed by atoms with Crippen molar-refractivity contribution in [3.63, 3.8) is 0 Å². The van der Waals surface area contributed by atoms with Crippen LogP contribution in [0.1, 0.15) is 43.5 Å². The second-order valence-corrected chi connectivity index (χ2v) is 5.84. The van der Waals surface area contributed by atoms with Crippen molar-refractivity contribution in [3.8, 4) is 0 Å². The fourth-order valence-electron chi connectivity index (χ4n) is 2.96. The number of nitrogens with two attached hydrogens (primary N) is 1. The third kappa shape index (κ3) is 4.12. The number of hydrogen-bond donors (Lipinski definition) is 3. The van der Waals surface area contributed by atoms with Gasteiger partial charge in [-0.25, -0.2) is 9.98 Å². The second kappa shape index (κ2) is 7.80. The highest BCUT2D eigenvalue weighted by atomic mass is 127. The number of imidazole rings is 1. The average molecular weight is 413 g/mol. The average Bonchev–Trinajstić information content (AvgIpc) is 2.91. The van der Waals surface area contributed by atoms with Crippen LogP contribution in [0.5, 0.6) is 0 Å². The second-order valence-electron chi connectivity index (χ2n) is 5.84. The smallest absolute Gasteiger partial charge is 0.189 e. The first-order chi connectivity index (χ1) is 10.2. The molecule has 22 heavy (non-hydrogen) atoms. The van der Waals surface area contributed by atoms with Crippen molar-refractivity contribution in [1.29, 1.82) is 0 Å². The van der Waals surface area contributed by atoms with Gasteiger partial charge in [-0.3, -0.25) is 0 Å². The van der Waals surface area contributed by atoms with Crippen LogP contribution in [0.2, 0.25) is 0 Å². The van der Waals surface area contributed by atoms with E-state index in [9.17, 15) is 0 Å². The summed E-state index contributed by atoms with van der Waals surface area (Å²) in [5.74, 6) is 1.38. The minimum atomic E-state index is 0. The molecule has 0 amide bonds. The highest BCUT2D eigenvalue weighted by molar-refractivity contribution is 14.0. The Labute approximate surface area is 148 Å². The third-order valence-electron chi connectivity index (χ3n) is 4.12. The predicted molar refractivity (Wildman–Crippen MR) is 102 cm³/mol. The highest BCUT2D eigenvalue weighted by Crippen LogP contribution is 2.17. The molecule has 0 spiro atoms. The molecule has 2 aromatic rings. The Balaban J connectivity index is 0.00000176. The molecule has 0 bridgehead atoms. The molecule has 0 aliphatic heterocycles. The van der Waals surface area contributed by atoms with E-state index in [0.717, 1.165) is 16.9 Å².